The number of nitrogens with one attached hydrogen (secondary N) is 1. The lowest BCUT2D eigenvalue weighted by atomic mass is 10.1. The van der Waals surface area contributed by atoms with Crippen LogP contribution in [0, 0.1) is 25.2 Å². The number of benzene rings is 2. The fourth-order valence-electron chi connectivity index (χ4n) is 1.94. The van der Waals surface area contributed by atoms with E-state index in [0.29, 0.717) is 5.56 Å². The zero-order valence-corrected chi connectivity index (χ0v) is 12.6. The molecule has 2 rings (SSSR count). The van der Waals surface area contributed by atoms with Crippen molar-refractivity contribution in [2.24, 2.45) is 0 Å². The summed E-state index contributed by atoms with van der Waals surface area (Å²) in [5.41, 5.74) is 5.39. The van der Waals surface area contributed by atoms with Crippen LogP contribution in [0.15, 0.2) is 40.9 Å². The molecule has 1 N–H and O–H groups in total. The predicted octanol–water partition coefficient (Wildman–Crippen LogP) is 4.55. The van der Waals surface area contributed by atoms with Gasteiger partial charge in [-0.15, -0.1) is 0 Å². The molecule has 2 aromatic rings. The molecule has 0 unspecified atom stereocenters. The van der Waals surface area contributed by atoms with Gasteiger partial charge in [-0.25, -0.2) is 0 Å². The van der Waals surface area contributed by atoms with Gasteiger partial charge < -0.3 is 5.32 Å². The monoisotopic (exact) mass is 314 g/mol. The Hall–Kier alpha value is -1.79. The molecule has 2 nitrogen and oxygen atoms in total. The molecule has 0 fully saturated rings. The number of hydrogen-bond donors (Lipinski definition) is 1. The minimum Gasteiger partial charge on any atom is -0.381 e. The molecular formula is C16H15BrN2. The normalized spacial score (nSPS) is 10.0. The van der Waals surface area contributed by atoms with Crippen LogP contribution in [0.1, 0.15) is 22.3 Å². The maximum Gasteiger partial charge on any atom is 0.0991 e. The van der Waals surface area contributed by atoms with Crippen LogP contribution in [0.2, 0.25) is 0 Å². The van der Waals surface area contributed by atoms with E-state index < -0.39 is 0 Å². The molecule has 3 heteroatoms. The second kappa shape index (κ2) is 5.90. The molecular weight excluding hydrogens is 300 g/mol. The molecule has 0 aliphatic carbocycles. The van der Waals surface area contributed by atoms with Crippen LogP contribution in [0.5, 0.6) is 0 Å². The average Bonchev–Trinajstić information content (AvgIpc) is 2.40. The van der Waals surface area contributed by atoms with E-state index in [2.05, 4.69) is 46.4 Å². The van der Waals surface area contributed by atoms with E-state index in [9.17, 15) is 0 Å². The molecule has 0 aliphatic rings. The zero-order valence-electron chi connectivity index (χ0n) is 11.0. The van der Waals surface area contributed by atoms with Crippen molar-refractivity contribution >= 4 is 21.6 Å². The van der Waals surface area contributed by atoms with Crippen molar-refractivity contribution in [1.29, 1.82) is 5.26 Å². The zero-order chi connectivity index (χ0) is 13.8. The molecule has 19 heavy (non-hydrogen) atoms. The highest BCUT2D eigenvalue weighted by atomic mass is 79.9. The maximum absolute atomic E-state index is 8.86. The Kier molecular flexibility index (Phi) is 4.24. The number of rotatable bonds is 3. The van der Waals surface area contributed by atoms with Gasteiger partial charge in [-0.3, -0.25) is 0 Å². The molecule has 0 radical (unpaired) electrons. The third kappa shape index (κ3) is 3.36. The highest BCUT2D eigenvalue weighted by Crippen LogP contribution is 2.22. The summed E-state index contributed by atoms with van der Waals surface area (Å²) in [7, 11) is 0. The lowest BCUT2D eigenvalue weighted by Crippen LogP contribution is -2.03. The van der Waals surface area contributed by atoms with Crippen molar-refractivity contribution in [2.45, 2.75) is 20.4 Å². The lowest BCUT2D eigenvalue weighted by molar-refractivity contribution is 1.11. The van der Waals surface area contributed by atoms with Crippen molar-refractivity contribution in [3.63, 3.8) is 0 Å². The van der Waals surface area contributed by atoms with E-state index in [1.165, 1.54) is 11.1 Å². The van der Waals surface area contributed by atoms with Gasteiger partial charge in [-0.1, -0.05) is 28.1 Å². The number of halogens is 1. The Morgan fingerprint density at radius 3 is 2.58 bits per heavy atom. The summed E-state index contributed by atoms with van der Waals surface area (Å²) in [5.74, 6) is 0. The number of anilines is 1. The maximum atomic E-state index is 8.86. The van der Waals surface area contributed by atoms with Gasteiger partial charge in [0.25, 0.3) is 0 Å². The van der Waals surface area contributed by atoms with Crippen molar-refractivity contribution in [2.75, 3.05) is 5.32 Å². The first-order chi connectivity index (χ1) is 9.10. The number of hydrogen-bond acceptors (Lipinski definition) is 2. The van der Waals surface area contributed by atoms with Crippen LogP contribution in [0.25, 0.3) is 0 Å². The third-order valence-corrected chi connectivity index (χ3v) is 3.63. The van der Waals surface area contributed by atoms with Gasteiger partial charge in [-0.05, 0) is 54.8 Å². The van der Waals surface area contributed by atoms with E-state index in [1.807, 2.05) is 31.2 Å². The van der Waals surface area contributed by atoms with Gasteiger partial charge in [0, 0.05) is 16.7 Å². The molecule has 0 saturated carbocycles. The first-order valence-electron chi connectivity index (χ1n) is 6.10. The predicted molar refractivity (Wildman–Crippen MR) is 82.1 cm³/mol. The number of nitriles is 1. The molecule has 0 aliphatic heterocycles. The summed E-state index contributed by atoms with van der Waals surface area (Å²) in [5, 5.41) is 12.3. The number of aryl methyl sites for hydroxylation is 2. The average molecular weight is 315 g/mol. The Balaban J connectivity index is 2.15. The quantitative estimate of drug-likeness (QED) is 0.902. The summed E-state index contributed by atoms with van der Waals surface area (Å²) in [6.07, 6.45) is 0. The largest absolute Gasteiger partial charge is 0.381 e. The Bertz CT molecular complexity index is 642. The Morgan fingerprint density at radius 1 is 1.11 bits per heavy atom. The van der Waals surface area contributed by atoms with E-state index >= 15 is 0 Å². The summed E-state index contributed by atoms with van der Waals surface area (Å²) in [4.78, 5) is 0. The molecule has 2 aromatic carbocycles. The summed E-state index contributed by atoms with van der Waals surface area (Å²) in [6, 6.07) is 14.1. The van der Waals surface area contributed by atoms with Crippen LogP contribution in [-0.4, -0.2) is 0 Å². The topological polar surface area (TPSA) is 35.8 Å². The van der Waals surface area contributed by atoms with E-state index in [1.54, 1.807) is 0 Å². The van der Waals surface area contributed by atoms with Gasteiger partial charge in [0.05, 0.1) is 11.6 Å². The van der Waals surface area contributed by atoms with Crippen LogP contribution in [0.4, 0.5) is 5.69 Å². The van der Waals surface area contributed by atoms with Crippen molar-refractivity contribution in [3.05, 3.63) is 63.1 Å². The highest BCUT2D eigenvalue weighted by Gasteiger charge is 2.02. The van der Waals surface area contributed by atoms with Crippen molar-refractivity contribution < 1.29 is 0 Å². The van der Waals surface area contributed by atoms with E-state index in [-0.39, 0.29) is 0 Å². The third-order valence-electron chi connectivity index (χ3n) is 3.14. The summed E-state index contributed by atoms with van der Waals surface area (Å²) >= 11 is 3.48. The molecule has 0 heterocycles. The molecule has 0 spiro atoms. The van der Waals surface area contributed by atoms with Crippen LogP contribution >= 0.6 is 15.9 Å². The van der Waals surface area contributed by atoms with Gasteiger partial charge in [0.15, 0.2) is 0 Å². The fraction of sp³-hybridized carbons (Fsp3) is 0.188. The minimum absolute atomic E-state index is 0.708. The standard InChI is InChI=1S/C16H15BrN2/c1-11-3-6-15(17)8-16(11)19-10-14-5-4-13(9-18)7-12(14)2/h3-8,19H,10H2,1-2H3. The van der Waals surface area contributed by atoms with Crippen LogP contribution in [-0.2, 0) is 6.54 Å². The smallest absolute Gasteiger partial charge is 0.0991 e. The summed E-state index contributed by atoms with van der Waals surface area (Å²) < 4.78 is 1.07. The van der Waals surface area contributed by atoms with Gasteiger partial charge in [0.1, 0.15) is 0 Å². The second-order valence-electron chi connectivity index (χ2n) is 4.57. The minimum atomic E-state index is 0.708. The van der Waals surface area contributed by atoms with Gasteiger partial charge >= 0.3 is 0 Å². The second-order valence-corrected chi connectivity index (χ2v) is 5.48. The lowest BCUT2D eigenvalue weighted by Gasteiger charge is -2.12. The molecule has 0 saturated heterocycles. The summed E-state index contributed by atoms with van der Waals surface area (Å²) in [6.45, 7) is 4.88. The molecule has 0 bridgehead atoms. The highest BCUT2D eigenvalue weighted by molar-refractivity contribution is 9.10. The molecule has 0 aromatic heterocycles. The van der Waals surface area contributed by atoms with Crippen LogP contribution in [0.3, 0.4) is 0 Å². The van der Waals surface area contributed by atoms with Gasteiger partial charge in [0.2, 0.25) is 0 Å². The van der Waals surface area contributed by atoms with E-state index in [4.69, 9.17) is 5.26 Å². The van der Waals surface area contributed by atoms with Crippen LogP contribution < -0.4 is 5.32 Å². The first kappa shape index (κ1) is 13.6. The molecule has 0 amide bonds. The molecule has 0 atom stereocenters. The Morgan fingerprint density at radius 2 is 1.89 bits per heavy atom. The molecule has 96 valence electrons. The van der Waals surface area contributed by atoms with Crippen molar-refractivity contribution in [1.82, 2.24) is 0 Å². The first-order valence-corrected chi connectivity index (χ1v) is 6.89. The van der Waals surface area contributed by atoms with Gasteiger partial charge in [-0.2, -0.15) is 5.26 Å². The Labute approximate surface area is 122 Å². The number of nitrogens with zero attached hydrogens (tertiary/aromatic N) is 1. The van der Waals surface area contributed by atoms with E-state index in [0.717, 1.165) is 22.3 Å². The van der Waals surface area contributed by atoms with Crippen molar-refractivity contribution in [3.8, 4) is 6.07 Å². The fourth-order valence-corrected chi connectivity index (χ4v) is 2.30. The SMILES string of the molecule is Cc1cc(C#N)ccc1CNc1cc(Br)ccc1C.